The maximum absolute atomic E-state index is 13.2. The molecule has 192 valence electrons. The van der Waals surface area contributed by atoms with Gasteiger partial charge >= 0.3 is 0 Å². The summed E-state index contributed by atoms with van der Waals surface area (Å²) in [5, 5.41) is 14.5. The number of ether oxygens (including phenoxy) is 1. The van der Waals surface area contributed by atoms with E-state index in [1.807, 2.05) is 30.3 Å². The molecule has 2 amide bonds. The maximum atomic E-state index is 13.2. The van der Waals surface area contributed by atoms with Gasteiger partial charge in [0.25, 0.3) is 0 Å². The number of amides is 2. The summed E-state index contributed by atoms with van der Waals surface area (Å²) in [4.78, 5) is 27.6. The number of nitrogens with two attached hydrogens (primary N) is 1. The number of rotatable bonds is 10. The standard InChI is InChI=1S/C27H29FN6O3/c28-20-6-10-23(11-7-20)37-24-12-8-21(9-13-24)32-27(36)25-14-22(31-15-19-4-2-1-3-5-19)16-34(25)26(35)17-33(30)18-29/h1-13,18,22,25,29,31H,14-17,30H2,(H,32,36)/t22-,25-/m0/s1. The van der Waals surface area contributed by atoms with Crippen LogP contribution in [0.4, 0.5) is 10.1 Å². The average Bonchev–Trinajstić information content (AvgIpc) is 3.35. The van der Waals surface area contributed by atoms with Gasteiger partial charge in [-0.1, -0.05) is 30.3 Å². The van der Waals surface area contributed by atoms with Crippen molar-refractivity contribution in [1.82, 2.24) is 15.2 Å². The molecule has 0 aliphatic carbocycles. The molecule has 5 N–H and O–H groups in total. The highest BCUT2D eigenvalue weighted by atomic mass is 19.1. The number of carbonyl (C=O) groups is 2. The molecule has 0 bridgehead atoms. The van der Waals surface area contributed by atoms with Gasteiger partial charge in [0.2, 0.25) is 11.8 Å². The Bertz CT molecular complexity index is 1210. The molecule has 0 radical (unpaired) electrons. The highest BCUT2D eigenvalue weighted by Gasteiger charge is 2.39. The predicted octanol–water partition coefficient (Wildman–Crippen LogP) is 3.10. The van der Waals surface area contributed by atoms with Crippen molar-refractivity contribution in [3.63, 3.8) is 0 Å². The first-order valence-electron chi connectivity index (χ1n) is 11.8. The molecule has 9 nitrogen and oxygen atoms in total. The van der Waals surface area contributed by atoms with Gasteiger partial charge in [0.05, 0.1) is 6.34 Å². The van der Waals surface area contributed by atoms with Crippen LogP contribution in [-0.2, 0) is 16.1 Å². The Morgan fingerprint density at radius 3 is 2.35 bits per heavy atom. The number of hydrogen-bond donors (Lipinski definition) is 4. The summed E-state index contributed by atoms with van der Waals surface area (Å²) in [6.45, 7) is 0.759. The summed E-state index contributed by atoms with van der Waals surface area (Å²) in [6.07, 6.45) is 1.30. The lowest BCUT2D eigenvalue weighted by molar-refractivity contribution is -0.136. The molecule has 1 aliphatic heterocycles. The predicted molar refractivity (Wildman–Crippen MR) is 138 cm³/mol. The molecule has 1 aliphatic rings. The van der Waals surface area contributed by atoms with Gasteiger partial charge in [-0.25, -0.2) is 10.2 Å². The molecule has 10 heteroatoms. The number of hydrogen-bond acceptors (Lipinski definition) is 6. The Balaban J connectivity index is 1.40. The van der Waals surface area contributed by atoms with Gasteiger partial charge in [-0.05, 0) is 60.5 Å². The van der Waals surface area contributed by atoms with E-state index in [9.17, 15) is 14.0 Å². The highest BCUT2D eigenvalue weighted by molar-refractivity contribution is 5.98. The second kappa shape index (κ2) is 12.1. The molecule has 1 heterocycles. The zero-order chi connectivity index (χ0) is 26.2. The monoisotopic (exact) mass is 504 g/mol. The van der Waals surface area contributed by atoms with Crippen molar-refractivity contribution in [3.05, 3.63) is 90.2 Å². The number of benzene rings is 3. The molecule has 0 unspecified atom stereocenters. The minimum atomic E-state index is -0.699. The van der Waals surface area contributed by atoms with Crippen LogP contribution in [0.15, 0.2) is 78.9 Å². The molecule has 3 aromatic carbocycles. The molecular weight excluding hydrogens is 475 g/mol. The number of carbonyl (C=O) groups excluding carboxylic acids is 2. The molecule has 4 rings (SSSR count). The van der Waals surface area contributed by atoms with E-state index in [0.29, 0.717) is 36.7 Å². The van der Waals surface area contributed by atoms with E-state index in [0.717, 1.165) is 16.9 Å². The molecule has 2 atom stereocenters. The number of nitrogens with one attached hydrogen (secondary N) is 3. The van der Waals surface area contributed by atoms with Crippen molar-refractivity contribution in [3.8, 4) is 11.5 Å². The number of hydrazine groups is 1. The third-order valence-corrected chi connectivity index (χ3v) is 6.02. The summed E-state index contributed by atoms with van der Waals surface area (Å²) in [5.41, 5.74) is 1.65. The quantitative estimate of drug-likeness (QED) is 0.146. The van der Waals surface area contributed by atoms with Crippen LogP contribution in [0.2, 0.25) is 0 Å². The Labute approximate surface area is 214 Å². The van der Waals surface area contributed by atoms with Crippen molar-refractivity contribution in [1.29, 1.82) is 5.41 Å². The molecule has 37 heavy (non-hydrogen) atoms. The second-order valence-electron chi connectivity index (χ2n) is 8.73. The SMILES string of the molecule is N=CN(N)CC(=O)N1C[C@@H](NCc2ccccc2)C[C@H]1C(=O)Nc1ccc(Oc2ccc(F)cc2)cc1. The van der Waals surface area contributed by atoms with E-state index in [2.05, 4.69) is 10.6 Å². The van der Waals surface area contributed by atoms with E-state index in [4.69, 9.17) is 16.0 Å². The van der Waals surface area contributed by atoms with Gasteiger partial charge in [-0.15, -0.1) is 0 Å². The Morgan fingerprint density at radius 2 is 1.70 bits per heavy atom. The van der Waals surface area contributed by atoms with E-state index >= 15 is 0 Å². The number of likely N-dealkylation sites (tertiary alicyclic amines) is 1. The lowest BCUT2D eigenvalue weighted by Gasteiger charge is -2.25. The smallest absolute Gasteiger partial charge is 0.247 e. The van der Waals surface area contributed by atoms with E-state index in [1.54, 1.807) is 24.3 Å². The van der Waals surface area contributed by atoms with Crippen LogP contribution < -0.4 is 21.2 Å². The van der Waals surface area contributed by atoms with Crippen LogP contribution in [0.25, 0.3) is 0 Å². The van der Waals surface area contributed by atoms with Crippen LogP contribution in [-0.4, -0.2) is 53.2 Å². The van der Waals surface area contributed by atoms with Crippen LogP contribution in [0.1, 0.15) is 12.0 Å². The van der Waals surface area contributed by atoms with Crippen LogP contribution >= 0.6 is 0 Å². The van der Waals surface area contributed by atoms with Crippen molar-refractivity contribution in [2.45, 2.75) is 25.0 Å². The number of anilines is 1. The molecule has 1 saturated heterocycles. The minimum absolute atomic E-state index is 0.0856. The van der Waals surface area contributed by atoms with Crippen LogP contribution in [0.3, 0.4) is 0 Å². The fraction of sp³-hybridized carbons (Fsp3) is 0.222. The van der Waals surface area contributed by atoms with Crippen LogP contribution in [0, 0.1) is 11.2 Å². The fourth-order valence-electron chi connectivity index (χ4n) is 4.13. The summed E-state index contributed by atoms with van der Waals surface area (Å²) in [5.74, 6) is 5.65. The van der Waals surface area contributed by atoms with Crippen molar-refractivity contribution in [2.24, 2.45) is 5.84 Å². The van der Waals surface area contributed by atoms with Crippen molar-refractivity contribution >= 4 is 23.8 Å². The first-order valence-corrected chi connectivity index (χ1v) is 11.8. The second-order valence-corrected chi connectivity index (χ2v) is 8.73. The number of halogens is 1. The summed E-state index contributed by atoms with van der Waals surface area (Å²) in [7, 11) is 0. The van der Waals surface area contributed by atoms with Crippen molar-refractivity contribution < 1.29 is 18.7 Å². The fourth-order valence-corrected chi connectivity index (χ4v) is 4.13. The molecule has 1 fully saturated rings. The lowest BCUT2D eigenvalue weighted by atomic mass is 10.1. The molecule has 0 saturated carbocycles. The van der Waals surface area contributed by atoms with E-state index in [1.165, 1.54) is 29.2 Å². The molecular formula is C27H29FN6O3. The molecule has 0 aromatic heterocycles. The zero-order valence-corrected chi connectivity index (χ0v) is 20.1. The zero-order valence-electron chi connectivity index (χ0n) is 20.1. The minimum Gasteiger partial charge on any atom is -0.457 e. The van der Waals surface area contributed by atoms with E-state index in [-0.39, 0.29) is 30.2 Å². The van der Waals surface area contributed by atoms with Gasteiger partial charge in [-0.3, -0.25) is 20.0 Å². The maximum Gasteiger partial charge on any atom is 0.247 e. The van der Waals surface area contributed by atoms with Gasteiger partial charge in [0, 0.05) is 24.8 Å². The Morgan fingerprint density at radius 1 is 1.05 bits per heavy atom. The average molecular weight is 505 g/mol. The van der Waals surface area contributed by atoms with Crippen LogP contribution in [0.5, 0.6) is 11.5 Å². The largest absolute Gasteiger partial charge is 0.457 e. The summed E-state index contributed by atoms with van der Waals surface area (Å²) < 4.78 is 18.8. The van der Waals surface area contributed by atoms with Gasteiger partial charge in [-0.2, -0.15) is 0 Å². The number of nitrogens with zero attached hydrogens (tertiary/aromatic N) is 2. The Kier molecular flexibility index (Phi) is 8.44. The summed E-state index contributed by atoms with van der Waals surface area (Å²) >= 11 is 0. The van der Waals surface area contributed by atoms with Crippen molar-refractivity contribution in [2.75, 3.05) is 18.4 Å². The first kappa shape index (κ1) is 25.8. The first-order chi connectivity index (χ1) is 17.9. The Hall–Kier alpha value is -4.28. The molecule has 0 spiro atoms. The topological polar surface area (TPSA) is 124 Å². The van der Waals surface area contributed by atoms with E-state index < -0.39 is 6.04 Å². The molecule has 3 aromatic rings. The normalized spacial score (nSPS) is 16.8. The third kappa shape index (κ3) is 7.12. The highest BCUT2D eigenvalue weighted by Crippen LogP contribution is 2.25. The third-order valence-electron chi connectivity index (χ3n) is 6.02. The lowest BCUT2D eigenvalue weighted by Crippen LogP contribution is -2.48. The van der Waals surface area contributed by atoms with Gasteiger partial charge in [0.1, 0.15) is 29.9 Å². The summed E-state index contributed by atoms with van der Waals surface area (Å²) in [6, 6.07) is 21.6. The van der Waals surface area contributed by atoms with Gasteiger partial charge < -0.3 is 20.3 Å². The van der Waals surface area contributed by atoms with Gasteiger partial charge in [0.15, 0.2) is 0 Å².